The number of rotatable bonds is 3. The summed E-state index contributed by atoms with van der Waals surface area (Å²) >= 11 is 0. The lowest BCUT2D eigenvalue weighted by atomic mass is 9.61. The molecule has 0 aromatic carbocycles. The Labute approximate surface area is 102 Å². The third kappa shape index (κ3) is 1.92. The van der Waals surface area contributed by atoms with Crippen molar-refractivity contribution in [3.05, 3.63) is 0 Å². The summed E-state index contributed by atoms with van der Waals surface area (Å²) in [6.45, 7) is 3.14. The van der Waals surface area contributed by atoms with Gasteiger partial charge in [0.2, 0.25) is 11.8 Å². The van der Waals surface area contributed by atoms with Crippen LogP contribution < -0.4 is 11.5 Å². The Balaban J connectivity index is 2.11. The van der Waals surface area contributed by atoms with Gasteiger partial charge in [0, 0.05) is 13.1 Å². The summed E-state index contributed by atoms with van der Waals surface area (Å²) in [5, 5.41) is 0. The summed E-state index contributed by atoms with van der Waals surface area (Å²) in [5.41, 5.74) is 10.7. The molecule has 2 aliphatic rings. The van der Waals surface area contributed by atoms with Crippen LogP contribution in [0.5, 0.6) is 0 Å². The van der Waals surface area contributed by atoms with Gasteiger partial charge >= 0.3 is 0 Å². The van der Waals surface area contributed by atoms with Crippen molar-refractivity contribution in [2.24, 2.45) is 22.8 Å². The number of hydrogen-bond donors (Lipinski definition) is 2. The maximum absolute atomic E-state index is 12.5. The maximum atomic E-state index is 12.5. The molecule has 0 bridgehead atoms. The highest BCUT2D eigenvalue weighted by Crippen LogP contribution is 2.46. The Bertz CT molecular complexity index is 337. The van der Waals surface area contributed by atoms with E-state index in [1.54, 1.807) is 4.90 Å². The van der Waals surface area contributed by atoms with E-state index < -0.39 is 17.4 Å². The lowest BCUT2D eigenvalue weighted by molar-refractivity contribution is -0.152. The molecule has 5 nitrogen and oxygen atoms in total. The number of nitrogens with two attached hydrogens (primary N) is 2. The van der Waals surface area contributed by atoms with Crippen LogP contribution in [0, 0.1) is 11.3 Å². The van der Waals surface area contributed by atoms with E-state index in [1.165, 1.54) is 0 Å². The van der Waals surface area contributed by atoms with Crippen molar-refractivity contribution in [1.29, 1.82) is 0 Å². The van der Waals surface area contributed by atoms with E-state index in [0.29, 0.717) is 25.4 Å². The van der Waals surface area contributed by atoms with Gasteiger partial charge < -0.3 is 16.4 Å². The average Bonchev–Trinajstić information content (AvgIpc) is 2.72. The summed E-state index contributed by atoms with van der Waals surface area (Å²) in [6, 6.07) is -0.415. The van der Waals surface area contributed by atoms with Gasteiger partial charge in [-0.05, 0) is 31.6 Å². The molecule has 1 unspecified atom stereocenters. The fraction of sp³-hybridized carbons (Fsp3) is 0.833. The highest BCUT2D eigenvalue weighted by atomic mass is 16.2. The summed E-state index contributed by atoms with van der Waals surface area (Å²) in [6.07, 6.45) is 3.22. The first-order chi connectivity index (χ1) is 8.00. The zero-order valence-electron chi connectivity index (χ0n) is 10.3. The molecule has 1 saturated carbocycles. The molecular formula is C12H21N3O2. The van der Waals surface area contributed by atoms with Gasteiger partial charge in [0.05, 0.1) is 5.41 Å². The third-order valence-electron chi connectivity index (χ3n) is 4.16. The number of primary amides is 1. The number of likely N-dealkylation sites (tertiary alicyclic amines) is 1. The van der Waals surface area contributed by atoms with Gasteiger partial charge in [0.15, 0.2) is 0 Å². The van der Waals surface area contributed by atoms with Gasteiger partial charge in [-0.15, -0.1) is 0 Å². The molecule has 1 heterocycles. The first-order valence-electron chi connectivity index (χ1n) is 6.30. The second-order valence-corrected chi connectivity index (χ2v) is 5.56. The first-order valence-corrected chi connectivity index (χ1v) is 6.30. The molecule has 1 saturated heterocycles. The molecule has 17 heavy (non-hydrogen) atoms. The normalized spacial score (nSPS) is 36.7. The standard InChI is InChI=1S/C12H21N3O2/c1-8-5-12(6-8,7-13)11(17)15-4-2-3-9(15)10(14)16/h8-9H,2-7,13H2,1H3,(H2,14,16). The van der Waals surface area contributed by atoms with Gasteiger partial charge in [-0.3, -0.25) is 9.59 Å². The molecule has 0 aromatic heterocycles. The molecule has 1 atom stereocenters. The number of nitrogens with zero attached hydrogens (tertiary/aromatic N) is 1. The Kier molecular flexibility index (Phi) is 3.12. The largest absolute Gasteiger partial charge is 0.368 e. The van der Waals surface area contributed by atoms with Crippen LogP contribution in [0.15, 0.2) is 0 Å². The van der Waals surface area contributed by atoms with Gasteiger partial charge in [0.25, 0.3) is 0 Å². The SMILES string of the molecule is CC1CC(CN)(C(=O)N2CCCC2C(N)=O)C1. The van der Waals surface area contributed by atoms with Crippen LogP contribution in [0.4, 0.5) is 0 Å². The van der Waals surface area contributed by atoms with Crippen molar-refractivity contribution in [3.8, 4) is 0 Å². The minimum absolute atomic E-state index is 0.0411. The van der Waals surface area contributed by atoms with Crippen LogP contribution in [0.1, 0.15) is 32.6 Å². The van der Waals surface area contributed by atoms with Crippen molar-refractivity contribution in [2.75, 3.05) is 13.1 Å². The fourth-order valence-electron chi connectivity index (χ4n) is 3.31. The minimum atomic E-state index is -0.419. The monoisotopic (exact) mass is 239 g/mol. The van der Waals surface area contributed by atoms with E-state index in [2.05, 4.69) is 6.92 Å². The molecule has 2 rings (SSSR count). The summed E-state index contributed by atoms with van der Waals surface area (Å²) in [5.74, 6) is 0.201. The van der Waals surface area contributed by atoms with Crippen molar-refractivity contribution >= 4 is 11.8 Å². The lowest BCUT2D eigenvalue weighted by Gasteiger charge is -2.46. The zero-order valence-corrected chi connectivity index (χ0v) is 10.3. The van der Waals surface area contributed by atoms with Crippen LogP contribution in [-0.2, 0) is 9.59 Å². The summed E-state index contributed by atoms with van der Waals surface area (Å²) in [7, 11) is 0. The smallest absolute Gasteiger partial charge is 0.240 e. The number of amides is 2. The van der Waals surface area contributed by atoms with Crippen LogP contribution in [-0.4, -0.2) is 35.8 Å². The average molecular weight is 239 g/mol. The number of carbonyl (C=O) groups is 2. The number of carbonyl (C=O) groups excluding carboxylic acids is 2. The predicted octanol–water partition coefficient (Wildman–Crippen LogP) is -0.162. The summed E-state index contributed by atoms with van der Waals surface area (Å²) in [4.78, 5) is 25.4. The van der Waals surface area contributed by atoms with Crippen molar-refractivity contribution in [3.63, 3.8) is 0 Å². The van der Waals surface area contributed by atoms with E-state index in [0.717, 1.165) is 19.3 Å². The van der Waals surface area contributed by atoms with Crippen molar-refractivity contribution < 1.29 is 9.59 Å². The Morgan fingerprint density at radius 1 is 1.41 bits per heavy atom. The van der Waals surface area contributed by atoms with Gasteiger partial charge in [-0.1, -0.05) is 6.92 Å². The highest BCUT2D eigenvalue weighted by Gasteiger charge is 2.51. The Morgan fingerprint density at radius 3 is 2.53 bits per heavy atom. The predicted molar refractivity (Wildman–Crippen MR) is 63.8 cm³/mol. The van der Waals surface area contributed by atoms with E-state index in [4.69, 9.17) is 11.5 Å². The van der Waals surface area contributed by atoms with Crippen molar-refractivity contribution in [2.45, 2.75) is 38.6 Å². The molecule has 1 aliphatic carbocycles. The molecule has 2 fully saturated rings. The Hall–Kier alpha value is -1.10. The minimum Gasteiger partial charge on any atom is -0.368 e. The summed E-state index contributed by atoms with van der Waals surface area (Å²) < 4.78 is 0. The molecule has 0 spiro atoms. The molecule has 4 N–H and O–H groups in total. The van der Waals surface area contributed by atoms with Gasteiger partial charge in [0.1, 0.15) is 6.04 Å². The second-order valence-electron chi connectivity index (χ2n) is 5.56. The molecule has 0 radical (unpaired) electrons. The van der Waals surface area contributed by atoms with Crippen LogP contribution in [0.2, 0.25) is 0 Å². The fourth-order valence-corrected chi connectivity index (χ4v) is 3.31. The molecule has 0 aromatic rings. The zero-order chi connectivity index (χ0) is 12.6. The number of hydrogen-bond acceptors (Lipinski definition) is 3. The molecule has 2 amide bonds. The van der Waals surface area contributed by atoms with Crippen LogP contribution in [0.25, 0.3) is 0 Å². The van der Waals surface area contributed by atoms with E-state index in [9.17, 15) is 9.59 Å². The maximum Gasteiger partial charge on any atom is 0.240 e. The molecule has 5 heteroatoms. The second kappa shape index (κ2) is 4.29. The van der Waals surface area contributed by atoms with E-state index in [-0.39, 0.29) is 5.91 Å². The highest BCUT2D eigenvalue weighted by molar-refractivity contribution is 5.90. The van der Waals surface area contributed by atoms with E-state index in [1.807, 2.05) is 0 Å². The van der Waals surface area contributed by atoms with Crippen molar-refractivity contribution in [1.82, 2.24) is 4.90 Å². The van der Waals surface area contributed by atoms with Gasteiger partial charge in [-0.2, -0.15) is 0 Å². The third-order valence-corrected chi connectivity index (χ3v) is 4.16. The topological polar surface area (TPSA) is 89.4 Å². The first kappa shape index (κ1) is 12.4. The Morgan fingerprint density at radius 2 is 2.06 bits per heavy atom. The van der Waals surface area contributed by atoms with Crippen LogP contribution in [0.3, 0.4) is 0 Å². The van der Waals surface area contributed by atoms with E-state index >= 15 is 0 Å². The quantitative estimate of drug-likeness (QED) is 0.717. The lowest BCUT2D eigenvalue weighted by Crippen LogP contribution is -2.57. The molecular weight excluding hydrogens is 218 g/mol. The molecule has 96 valence electrons. The molecule has 1 aliphatic heterocycles. The van der Waals surface area contributed by atoms with Gasteiger partial charge in [-0.25, -0.2) is 0 Å². The van der Waals surface area contributed by atoms with Crippen LogP contribution >= 0.6 is 0 Å².